The highest BCUT2D eigenvalue weighted by molar-refractivity contribution is 9.09. The lowest BCUT2D eigenvalue weighted by molar-refractivity contribution is 0.127. The molecule has 0 saturated heterocycles. The molecule has 0 aromatic carbocycles. The number of hydrogen-bond acceptors (Lipinski definition) is 1. The van der Waals surface area contributed by atoms with E-state index in [1.165, 1.54) is 103 Å². The number of halogens is 1. The predicted octanol–water partition coefficient (Wildman–Crippen LogP) is 7.66. The van der Waals surface area contributed by atoms with Crippen LogP contribution in [0.1, 0.15) is 110 Å². The van der Waals surface area contributed by atoms with E-state index in [0.717, 1.165) is 18.5 Å². The van der Waals surface area contributed by atoms with Crippen LogP contribution in [-0.4, -0.2) is 18.5 Å². The van der Waals surface area contributed by atoms with Crippen LogP contribution < -0.4 is 0 Å². The van der Waals surface area contributed by atoms with Gasteiger partial charge in [0.05, 0.1) is 0 Å². The van der Waals surface area contributed by atoms with E-state index >= 15 is 0 Å². The minimum atomic E-state index is 0.948. The van der Waals surface area contributed by atoms with Gasteiger partial charge in [0.25, 0.3) is 0 Å². The van der Waals surface area contributed by atoms with E-state index in [-0.39, 0.29) is 0 Å². The third-order valence-electron chi connectivity index (χ3n) is 4.31. The Kier molecular flexibility index (Phi) is 21.9. The molecule has 0 aromatic rings. The van der Waals surface area contributed by atoms with Crippen LogP contribution in [0.2, 0.25) is 0 Å². The van der Waals surface area contributed by atoms with Crippen LogP contribution in [0.15, 0.2) is 0 Å². The van der Waals surface area contributed by atoms with Gasteiger partial charge in [-0.2, -0.15) is 0 Å². The first-order valence-electron chi connectivity index (χ1n) is 10.1. The molecule has 22 heavy (non-hydrogen) atoms. The summed E-state index contributed by atoms with van der Waals surface area (Å²) in [6.45, 7) is 4.21. The van der Waals surface area contributed by atoms with E-state index in [0.29, 0.717) is 0 Å². The van der Waals surface area contributed by atoms with Gasteiger partial charge in [0, 0.05) is 18.5 Å². The zero-order valence-corrected chi connectivity index (χ0v) is 16.8. The number of rotatable bonds is 19. The van der Waals surface area contributed by atoms with Gasteiger partial charge in [0.15, 0.2) is 0 Å². The Bertz CT molecular complexity index is 165. The van der Waals surface area contributed by atoms with Crippen molar-refractivity contribution < 1.29 is 4.74 Å². The second-order valence-electron chi connectivity index (χ2n) is 6.60. The van der Waals surface area contributed by atoms with Crippen LogP contribution in [0.3, 0.4) is 0 Å². The number of unbranched alkanes of at least 4 members (excludes halogenated alkanes) is 14. The summed E-state index contributed by atoms with van der Waals surface area (Å²) in [5, 5.41) is 1.11. The Balaban J connectivity index is 2.91. The Morgan fingerprint density at radius 1 is 0.500 bits per heavy atom. The summed E-state index contributed by atoms with van der Waals surface area (Å²) in [7, 11) is 0. The molecule has 0 saturated carbocycles. The minimum Gasteiger partial charge on any atom is -0.381 e. The van der Waals surface area contributed by atoms with Gasteiger partial charge in [-0.05, 0) is 19.3 Å². The van der Waals surface area contributed by atoms with E-state index in [1.54, 1.807) is 0 Å². The van der Waals surface area contributed by atoms with E-state index in [9.17, 15) is 0 Å². The summed E-state index contributed by atoms with van der Waals surface area (Å²) in [5.74, 6) is 0. The fourth-order valence-electron chi connectivity index (χ4n) is 2.80. The van der Waals surface area contributed by atoms with Gasteiger partial charge < -0.3 is 4.74 Å². The van der Waals surface area contributed by atoms with Crippen molar-refractivity contribution in [2.75, 3.05) is 18.5 Å². The van der Waals surface area contributed by atoms with Crippen LogP contribution in [0.25, 0.3) is 0 Å². The van der Waals surface area contributed by atoms with Gasteiger partial charge in [-0.25, -0.2) is 0 Å². The first kappa shape index (κ1) is 22.4. The number of alkyl halides is 1. The van der Waals surface area contributed by atoms with Gasteiger partial charge in [0.2, 0.25) is 0 Å². The molecule has 0 rings (SSSR count). The molecule has 0 spiro atoms. The lowest BCUT2D eigenvalue weighted by atomic mass is 10.0. The monoisotopic (exact) mass is 376 g/mol. The molecule has 0 fully saturated rings. The molecule has 1 nitrogen and oxygen atoms in total. The Morgan fingerprint density at radius 3 is 1.27 bits per heavy atom. The average Bonchev–Trinajstić information content (AvgIpc) is 2.54. The fraction of sp³-hybridized carbons (Fsp3) is 1.00. The van der Waals surface area contributed by atoms with Crippen molar-refractivity contribution in [3.8, 4) is 0 Å². The minimum absolute atomic E-state index is 0.948. The Hall–Kier alpha value is 0.440. The number of ether oxygens (including phenoxy) is 1. The van der Waals surface area contributed by atoms with Crippen molar-refractivity contribution in [2.45, 2.75) is 110 Å². The van der Waals surface area contributed by atoms with Crippen molar-refractivity contribution in [1.82, 2.24) is 0 Å². The van der Waals surface area contributed by atoms with Crippen LogP contribution >= 0.6 is 15.9 Å². The van der Waals surface area contributed by atoms with E-state index in [2.05, 4.69) is 22.9 Å². The van der Waals surface area contributed by atoms with Crippen molar-refractivity contribution in [2.24, 2.45) is 0 Å². The van der Waals surface area contributed by atoms with E-state index < -0.39 is 0 Å². The smallest absolute Gasteiger partial charge is 0.0466 e. The zero-order chi connectivity index (χ0) is 16.1. The molecular weight excluding hydrogens is 336 g/mol. The van der Waals surface area contributed by atoms with Gasteiger partial charge in [-0.1, -0.05) is 106 Å². The molecule has 0 aliphatic heterocycles. The van der Waals surface area contributed by atoms with Crippen molar-refractivity contribution in [3.05, 3.63) is 0 Å². The van der Waals surface area contributed by atoms with Gasteiger partial charge in [-0.15, -0.1) is 0 Å². The molecule has 0 N–H and O–H groups in total. The summed E-state index contributed by atoms with van der Waals surface area (Å²) in [4.78, 5) is 0. The summed E-state index contributed by atoms with van der Waals surface area (Å²) in [5.41, 5.74) is 0. The predicted molar refractivity (Wildman–Crippen MR) is 104 cm³/mol. The summed E-state index contributed by atoms with van der Waals surface area (Å²) in [6.07, 6.45) is 22.4. The summed E-state index contributed by atoms with van der Waals surface area (Å²) < 4.78 is 5.62. The number of hydrogen-bond donors (Lipinski definition) is 0. The summed E-state index contributed by atoms with van der Waals surface area (Å²) in [6, 6.07) is 0. The fourth-order valence-corrected chi connectivity index (χ4v) is 3.20. The normalized spacial score (nSPS) is 11.2. The third kappa shape index (κ3) is 20.4. The third-order valence-corrected chi connectivity index (χ3v) is 4.88. The van der Waals surface area contributed by atoms with Gasteiger partial charge in [0.1, 0.15) is 0 Å². The van der Waals surface area contributed by atoms with Crippen molar-refractivity contribution >= 4 is 15.9 Å². The largest absolute Gasteiger partial charge is 0.381 e. The van der Waals surface area contributed by atoms with Gasteiger partial charge in [-0.3, -0.25) is 0 Å². The van der Waals surface area contributed by atoms with E-state index in [4.69, 9.17) is 4.74 Å². The van der Waals surface area contributed by atoms with Crippen LogP contribution in [0.4, 0.5) is 0 Å². The zero-order valence-electron chi connectivity index (χ0n) is 15.2. The SMILES string of the molecule is CCCCCCCCCCCCCCCCOCCCCBr. The maximum atomic E-state index is 5.62. The standard InChI is InChI=1S/C20H41BrO/c1-2-3-4-5-6-7-8-9-10-11-12-13-14-16-19-22-20-17-15-18-21/h2-20H2,1H3. The molecule has 0 radical (unpaired) electrons. The Labute approximate surface area is 149 Å². The second kappa shape index (κ2) is 21.4. The lowest BCUT2D eigenvalue weighted by Gasteiger charge is -2.04. The molecular formula is C20H41BrO. The molecule has 0 amide bonds. The topological polar surface area (TPSA) is 9.23 Å². The highest BCUT2D eigenvalue weighted by Gasteiger charge is 1.94. The Morgan fingerprint density at radius 2 is 0.864 bits per heavy atom. The molecule has 0 heterocycles. The van der Waals surface area contributed by atoms with Gasteiger partial charge >= 0.3 is 0 Å². The summed E-state index contributed by atoms with van der Waals surface area (Å²) >= 11 is 3.44. The van der Waals surface area contributed by atoms with E-state index in [1.807, 2.05) is 0 Å². The molecule has 0 unspecified atom stereocenters. The van der Waals surface area contributed by atoms with Crippen molar-refractivity contribution in [3.63, 3.8) is 0 Å². The maximum absolute atomic E-state index is 5.62. The molecule has 2 heteroatoms. The second-order valence-corrected chi connectivity index (χ2v) is 7.40. The highest BCUT2D eigenvalue weighted by atomic mass is 79.9. The molecule has 0 atom stereocenters. The first-order valence-corrected chi connectivity index (χ1v) is 11.2. The maximum Gasteiger partial charge on any atom is 0.0466 e. The van der Waals surface area contributed by atoms with Crippen molar-refractivity contribution in [1.29, 1.82) is 0 Å². The molecule has 0 bridgehead atoms. The van der Waals surface area contributed by atoms with Crippen LogP contribution in [-0.2, 0) is 4.74 Å². The van der Waals surface area contributed by atoms with Crippen LogP contribution in [0, 0.1) is 0 Å². The first-order chi connectivity index (χ1) is 10.9. The molecule has 0 aliphatic carbocycles. The highest BCUT2D eigenvalue weighted by Crippen LogP contribution is 2.12. The quantitative estimate of drug-likeness (QED) is 0.166. The molecule has 0 aliphatic rings. The molecule has 134 valence electrons. The molecule has 0 aromatic heterocycles. The average molecular weight is 377 g/mol. The van der Waals surface area contributed by atoms with Crippen LogP contribution in [0.5, 0.6) is 0 Å². The lowest BCUT2D eigenvalue weighted by Crippen LogP contribution is -1.97.